The molecule has 0 aliphatic carbocycles. The molecule has 1 saturated heterocycles. The van der Waals surface area contributed by atoms with Gasteiger partial charge in [-0.3, -0.25) is 9.59 Å². The predicted molar refractivity (Wildman–Crippen MR) is 163 cm³/mol. The number of alkyl halides is 3. The standard InChI is InChI=1S/C33H30F5N3O6/c1-17-12-26(46-3)28(31(43)40(17)2)22-9-8-18(20-6-4-5-7-21(20)22)13-25(32(44)45)39-30(42)29-23(34)14-19(15-24(29)35)41-10-11-47-16-27(41)33(36,37)38/h4-9,12,14-15,25,27H,10-11,13,16H2,1-3H3,(H,39,42)(H,44,45)/t25?,27-/m1/s1. The van der Waals surface area contributed by atoms with Gasteiger partial charge in [-0.25, -0.2) is 13.6 Å². The highest BCUT2D eigenvalue weighted by atomic mass is 19.4. The van der Waals surface area contributed by atoms with Crippen LogP contribution in [-0.2, 0) is 23.0 Å². The molecule has 0 radical (unpaired) electrons. The number of aromatic nitrogens is 1. The molecule has 5 rings (SSSR count). The van der Waals surface area contributed by atoms with Gasteiger partial charge in [-0.2, -0.15) is 13.2 Å². The van der Waals surface area contributed by atoms with Crippen LogP contribution >= 0.6 is 0 Å². The number of carbonyl (C=O) groups excluding carboxylic acids is 1. The summed E-state index contributed by atoms with van der Waals surface area (Å²) in [6, 6.07) is 9.23. The molecular formula is C33H30F5N3O6. The van der Waals surface area contributed by atoms with E-state index >= 15 is 8.78 Å². The lowest BCUT2D eigenvalue weighted by molar-refractivity contribution is -0.167. The van der Waals surface area contributed by atoms with E-state index in [2.05, 4.69) is 5.32 Å². The topological polar surface area (TPSA) is 110 Å². The number of aryl methyl sites for hydroxylation is 1. The van der Waals surface area contributed by atoms with Crippen LogP contribution in [0.15, 0.2) is 59.4 Å². The van der Waals surface area contributed by atoms with E-state index in [1.807, 2.05) is 0 Å². The Morgan fingerprint density at radius 3 is 2.36 bits per heavy atom. The third-order valence-electron chi connectivity index (χ3n) is 8.26. The predicted octanol–water partition coefficient (Wildman–Crippen LogP) is 4.99. The fourth-order valence-corrected chi connectivity index (χ4v) is 5.74. The quantitative estimate of drug-likeness (QED) is 0.257. The van der Waals surface area contributed by atoms with E-state index in [9.17, 15) is 32.7 Å². The third-order valence-corrected chi connectivity index (χ3v) is 8.26. The number of methoxy groups -OCH3 is 1. The Hall–Kier alpha value is -4.98. The molecule has 0 spiro atoms. The van der Waals surface area contributed by atoms with E-state index in [-0.39, 0.29) is 25.1 Å². The number of nitrogens with zero attached hydrogens (tertiary/aromatic N) is 2. The number of carboxylic acid groups (broad SMARTS) is 1. The first kappa shape index (κ1) is 33.4. The second kappa shape index (κ2) is 13.0. The minimum Gasteiger partial charge on any atom is -0.496 e. The van der Waals surface area contributed by atoms with Crippen LogP contribution in [0.1, 0.15) is 21.6 Å². The number of ether oxygens (including phenoxy) is 2. The van der Waals surface area contributed by atoms with Crippen molar-refractivity contribution in [1.29, 1.82) is 0 Å². The molecule has 1 unspecified atom stereocenters. The molecule has 47 heavy (non-hydrogen) atoms. The highest BCUT2D eigenvalue weighted by Crippen LogP contribution is 2.36. The van der Waals surface area contributed by atoms with Gasteiger partial charge in [-0.1, -0.05) is 36.4 Å². The van der Waals surface area contributed by atoms with Gasteiger partial charge in [-0.15, -0.1) is 0 Å². The smallest absolute Gasteiger partial charge is 0.411 e. The highest BCUT2D eigenvalue weighted by Gasteiger charge is 2.46. The molecule has 2 N–H and O–H groups in total. The van der Waals surface area contributed by atoms with Crippen LogP contribution in [0.5, 0.6) is 5.75 Å². The van der Waals surface area contributed by atoms with E-state index in [4.69, 9.17) is 9.47 Å². The number of hydrogen-bond donors (Lipinski definition) is 2. The number of fused-ring (bicyclic) bond motifs is 1. The monoisotopic (exact) mass is 659 g/mol. The summed E-state index contributed by atoms with van der Waals surface area (Å²) in [6.45, 7) is 0.617. The van der Waals surface area contributed by atoms with Crippen molar-refractivity contribution in [2.45, 2.75) is 31.6 Å². The van der Waals surface area contributed by atoms with Crippen molar-refractivity contribution in [3.63, 3.8) is 0 Å². The molecule has 1 aromatic heterocycles. The minimum atomic E-state index is -4.75. The molecule has 14 heteroatoms. The number of aliphatic carboxylic acids is 1. The summed E-state index contributed by atoms with van der Waals surface area (Å²) < 4.78 is 82.7. The fourth-order valence-electron chi connectivity index (χ4n) is 5.74. The van der Waals surface area contributed by atoms with Crippen molar-refractivity contribution >= 4 is 28.3 Å². The zero-order valence-electron chi connectivity index (χ0n) is 25.5. The van der Waals surface area contributed by atoms with E-state index in [1.165, 1.54) is 11.7 Å². The molecule has 4 aromatic rings. The van der Waals surface area contributed by atoms with Gasteiger partial charge in [0.05, 0.1) is 25.9 Å². The summed E-state index contributed by atoms with van der Waals surface area (Å²) in [5.74, 6) is -5.48. The van der Waals surface area contributed by atoms with Gasteiger partial charge in [0.1, 0.15) is 35.0 Å². The number of carbonyl (C=O) groups is 2. The molecule has 1 amide bonds. The van der Waals surface area contributed by atoms with E-state index in [1.54, 1.807) is 56.4 Å². The number of amides is 1. The van der Waals surface area contributed by atoms with Gasteiger partial charge in [0.15, 0.2) is 0 Å². The number of benzene rings is 3. The molecule has 248 valence electrons. The number of pyridine rings is 1. The Balaban J connectivity index is 1.46. The Labute approximate surface area is 265 Å². The lowest BCUT2D eigenvalue weighted by Gasteiger charge is -2.38. The van der Waals surface area contributed by atoms with Crippen molar-refractivity contribution in [2.75, 3.05) is 31.8 Å². The average Bonchev–Trinajstić information content (AvgIpc) is 3.02. The molecule has 1 aliphatic rings. The first-order valence-electron chi connectivity index (χ1n) is 14.4. The molecule has 3 aromatic carbocycles. The summed E-state index contributed by atoms with van der Waals surface area (Å²) in [4.78, 5) is 39.3. The second-order valence-electron chi connectivity index (χ2n) is 11.1. The van der Waals surface area contributed by atoms with E-state index in [0.717, 1.165) is 4.90 Å². The number of carboxylic acids is 1. The Kier molecular flexibility index (Phi) is 9.25. The SMILES string of the molecule is COc1cc(C)n(C)c(=O)c1-c1ccc(CC(NC(=O)c2c(F)cc(N3CCOC[C@@H]3C(F)(F)F)cc2F)C(=O)O)c2ccccc12. The van der Waals surface area contributed by atoms with Crippen molar-refractivity contribution in [3.05, 3.63) is 93.4 Å². The van der Waals surface area contributed by atoms with Crippen LogP contribution in [0.3, 0.4) is 0 Å². The van der Waals surface area contributed by atoms with Gasteiger partial charge < -0.3 is 29.4 Å². The van der Waals surface area contributed by atoms with Crippen molar-refractivity contribution in [3.8, 4) is 16.9 Å². The fraction of sp³-hybridized carbons (Fsp3) is 0.303. The van der Waals surface area contributed by atoms with Gasteiger partial charge in [0.25, 0.3) is 11.5 Å². The molecule has 0 bridgehead atoms. The second-order valence-corrected chi connectivity index (χ2v) is 11.1. The van der Waals surface area contributed by atoms with Gasteiger partial charge in [0, 0.05) is 37.5 Å². The zero-order chi connectivity index (χ0) is 34.2. The summed E-state index contributed by atoms with van der Waals surface area (Å²) >= 11 is 0. The highest BCUT2D eigenvalue weighted by molar-refractivity contribution is 6.00. The molecule has 1 fully saturated rings. The first-order valence-corrected chi connectivity index (χ1v) is 14.4. The van der Waals surface area contributed by atoms with Crippen molar-refractivity contribution in [2.24, 2.45) is 7.05 Å². The van der Waals surface area contributed by atoms with E-state index < -0.39 is 59.6 Å². The summed E-state index contributed by atoms with van der Waals surface area (Å²) in [6.07, 6.45) is -5.06. The number of rotatable bonds is 8. The lowest BCUT2D eigenvalue weighted by Crippen LogP contribution is -2.53. The average molecular weight is 660 g/mol. The largest absolute Gasteiger partial charge is 0.496 e. The molecule has 2 heterocycles. The van der Waals surface area contributed by atoms with Crippen LogP contribution in [0.25, 0.3) is 21.9 Å². The molecular weight excluding hydrogens is 629 g/mol. The van der Waals surface area contributed by atoms with Crippen LogP contribution in [0, 0.1) is 18.6 Å². The number of nitrogens with one attached hydrogen (secondary N) is 1. The lowest BCUT2D eigenvalue weighted by atomic mass is 9.92. The van der Waals surface area contributed by atoms with Gasteiger partial charge in [-0.05, 0) is 41.0 Å². The number of hydrogen-bond acceptors (Lipinski definition) is 6. The van der Waals surface area contributed by atoms with Gasteiger partial charge >= 0.3 is 12.1 Å². The number of anilines is 1. The van der Waals surface area contributed by atoms with Crippen molar-refractivity contribution < 1.29 is 46.1 Å². The van der Waals surface area contributed by atoms with E-state index in [0.29, 0.717) is 51.0 Å². The summed E-state index contributed by atoms with van der Waals surface area (Å²) in [5.41, 5.74) is 0.0396. The maximum atomic E-state index is 15.2. The normalized spacial score (nSPS) is 15.8. The molecule has 2 atom stereocenters. The van der Waals surface area contributed by atoms with Crippen LogP contribution in [0.4, 0.5) is 27.6 Å². The zero-order valence-corrected chi connectivity index (χ0v) is 25.5. The Morgan fingerprint density at radius 1 is 1.09 bits per heavy atom. The van der Waals surface area contributed by atoms with Crippen LogP contribution in [-0.4, -0.2) is 66.7 Å². The van der Waals surface area contributed by atoms with Gasteiger partial charge in [0.2, 0.25) is 0 Å². The third kappa shape index (κ3) is 6.50. The Morgan fingerprint density at radius 2 is 1.74 bits per heavy atom. The molecule has 9 nitrogen and oxygen atoms in total. The Bertz CT molecular complexity index is 1900. The summed E-state index contributed by atoms with van der Waals surface area (Å²) in [5, 5.41) is 13.3. The molecule has 1 aliphatic heterocycles. The van der Waals surface area contributed by atoms with Crippen molar-refractivity contribution in [1.82, 2.24) is 9.88 Å². The first-order chi connectivity index (χ1) is 22.2. The number of halogens is 5. The maximum Gasteiger partial charge on any atom is 0.411 e. The van der Waals surface area contributed by atoms with Crippen LogP contribution in [0.2, 0.25) is 0 Å². The molecule has 0 saturated carbocycles. The maximum absolute atomic E-state index is 15.2. The number of morpholine rings is 1. The minimum absolute atomic E-state index is 0.108. The summed E-state index contributed by atoms with van der Waals surface area (Å²) in [7, 11) is 3.06. The van der Waals surface area contributed by atoms with Crippen LogP contribution < -0.4 is 20.5 Å².